The Balaban J connectivity index is 2.09. The third-order valence-corrected chi connectivity index (χ3v) is 4.90. The van der Waals surface area contributed by atoms with E-state index in [0.717, 1.165) is 10.7 Å². The number of rotatable bonds is 1. The van der Waals surface area contributed by atoms with Gasteiger partial charge in [0.15, 0.2) is 10.9 Å². The molecule has 2 aliphatic rings. The molecule has 0 fully saturated rings. The van der Waals surface area contributed by atoms with E-state index in [0.29, 0.717) is 12.0 Å². The van der Waals surface area contributed by atoms with Gasteiger partial charge in [-0.15, -0.1) is 0 Å². The molecule has 1 aliphatic carbocycles. The van der Waals surface area contributed by atoms with E-state index in [-0.39, 0.29) is 10.9 Å². The summed E-state index contributed by atoms with van der Waals surface area (Å²) in [6, 6.07) is 4.64. The highest BCUT2D eigenvalue weighted by atomic mass is 32.2. The molecule has 7 heteroatoms. The Labute approximate surface area is 114 Å². The van der Waals surface area contributed by atoms with Crippen molar-refractivity contribution in [3.8, 4) is 0 Å². The molecule has 1 aromatic rings. The van der Waals surface area contributed by atoms with Gasteiger partial charge in [-0.1, -0.05) is 17.8 Å². The molecular weight excluding hydrogens is 266 g/mol. The van der Waals surface area contributed by atoms with Crippen LogP contribution in [-0.4, -0.2) is 39.4 Å². The minimum absolute atomic E-state index is 0.00803. The molecule has 6 nitrogen and oxygen atoms in total. The molecule has 0 saturated heterocycles. The third-order valence-electron chi connectivity index (χ3n) is 3.45. The fourth-order valence-electron chi connectivity index (χ4n) is 2.47. The van der Waals surface area contributed by atoms with Crippen LogP contribution in [-0.2, 0) is 12.1 Å². The maximum absolute atomic E-state index is 10.8. The van der Waals surface area contributed by atoms with E-state index in [4.69, 9.17) is 0 Å². The zero-order valence-corrected chi connectivity index (χ0v) is 11.3. The Morgan fingerprint density at radius 1 is 1.58 bits per heavy atom. The van der Waals surface area contributed by atoms with Gasteiger partial charge in [-0.05, 0) is 12.0 Å². The Hall–Kier alpha value is -1.60. The van der Waals surface area contributed by atoms with Crippen LogP contribution in [0.15, 0.2) is 23.2 Å². The molecule has 0 bridgehead atoms. The van der Waals surface area contributed by atoms with Crippen molar-refractivity contribution in [1.82, 2.24) is 4.90 Å². The van der Waals surface area contributed by atoms with Gasteiger partial charge in [0, 0.05) is 31.8 Å². The summed E-state index contributed by atoms with van der Waals surface area (Å²) >= 11 is 1.52. The average molecular weight is 279 g/mol. The molecule has 0 saturated carbocycles. The summed E-state index contributed by atoms with van der Waals surface area (Å²) in [7, 11) is 3.73. The fourth-order valence-corrected chi connectivity index (χ4v) is 3.74. The second-order valence-corrected chi connectivity index (χ2v) is 6.09. The molecule has 2 atom stereocenters. The number of amidine groups is 1. The van der Waals surface area contributed by atoms with Gasteiger partial charge >= 0.3 is 0 Å². The molecule has 19 heavy (non-hydrogen) atoms. The highest BCUT2D eigenvalue weighted by molar-refractivity contribution is 8.14. The number of nitro groups is 1. The number of nitro benzene ring substituents is 1. The smallest absolute Gasteiger partial charge is 0.269 e. The summed E-state index contributed by atoms with van der Waals surface area (Å²) in [6.45, 7) is 0. The van der Waals surface area contributed by atoms with Gasteiger partial charge < -0.3 is 10.0 Å². The highest BCUT2D eigenvalue weighted by Gasteiger charge is 2.51. The number of fused-ring (bicyclic) bond motifs is 3. The van der Waals surface area contributed by atoms with Crippen molar-refractivity contribution < 1.29 is 10.0 Å². The lowest BCUT2D eigenvalue weighted by Crippen LogP contribution is -2.27. The lowest BCUT2D eigenvalue weighted by Gasteiger charge is -2.19. The maximum atomic E-state index is 10.8. The van der Waals surface area contributed by atoms with Crippen molar-refractivity contribution in [1.29, 1.82) is 0 Å². The van der Waals surface area contributed by atoms with Crippen LogP contribution in [0.1, 0.15) is 11.1 Å². The molecule has 3 rings (SSSR count). The highest BCUT2D eigenvalue weighted by Crippen LogP contribution is 2.50. The molecule has 1 heterocycles. The van der Waals surface area contributed by atoms with Crippen molar-refractivity contribution >= 4 is 22.6 Å². The predicted octanol–water partition coefficient (Wildman–Crippen LogP) is 1.33. The van der Waals surface area contributed by atoms with Gasteiger partial charge in [-0.2, -0.15) is 0 Å². The molecular formula is C12H13N3O3S. The molecule has 1 aromatic carbocycles. The second kappa shape index (κ2) is 3.94. The SMILES string of the molecule is CN(C)C1=NC2(O)c3cc([N+](=O)[O-])ccc3CC2S1. The van der Waals surface area contributed by atoms with Gasteiger partial charge in [0.05, 0.1) is 10.2 Å². The summed E-state index contributed by atoms with van der Waals surface area (Å²) in [6.07, 6.45) is 0.676. The van der Waals surface area contributed by atoms with Gasteiger partial charge in [0.25, 0.3) is 5.69 Å². The van der Waals surface area contributed by atoms with Crippen molar-refractivity contribution in [2.75, 3.05) is 14.1 Å². The van der Waals surface area contributed by atoms with Crippen molar-refractivity contribution in [2.45, 2.75) is 17.4 Å². The normalized spacial score (nSPS) is 27.7. The molecule has 0 radical (unpaired) electrons. The van der Waals surface area contributed by atoms with Crippen LogP contribution >= 0.6 is 11.8 Å². The first-order valence-electron chi connectivity index (χ1n) is 5.86. The molecule has 0 amide bonds. The van der Waals surface area contributed by atoms with E-state index in [9.17, 15) is 15.2 Å². The standard InChI is InChI=1S/C12H13N3O3S/c1-14(2)11-13-12(16)9-6-8(15(17)18)4-3-7(9)5-10(12)19-11/h3-4,6,10,16H,5H2,1-2H3. The van der Waals surface area contributed by atoms with Crippen LogP contribution in [0.5, 0.6) is 0 Å². The second-order valence-electron chi connectivity index (χ2n) is 4.92. The Kier molecular flexibility index (Phi) is 2.58. The van der Waals surface area contributed by atoms with Gasteiger partial charge in [0.1, 0.15) is 0 Å². The van der Waals surface area contributed by atoms with E-state index in [1.54, 1.807) is 6.07 Å². The van der Waals surface area contributed by atoms with Crippen molar-refractivity contribution in [2.24, 2.45) is 4.99 Å². The molecule has 1 aliphatic heterocycles. The Bertz CT molecular complexity index is 602. The van der Waals surface area contributed by atoms with Crippen LogP contribution in [0.25, 0.3) is 0 Å². The number of non-ortho nitro benzene ring substituents is 1. The Morgan fingerprint density at radius 3 is 2.95 bits per heavy atom. The summed E-state index contributed by atoms with van der Waals surface area (Å²) in [5.74, 6) is 0. The van der Waals surface area contributed by atoms with Crippen molar-refractivity contribution in [3.05, 3.63) is 39.4 Å². The van der Waals surface area contributed by atoms with Crippen LogP contribution in [0.3, 0.4) is 0 Å². The van der Waals surface area contributed by atoms with Gasteiger partial charge in [-0.3, -0.25) is 10.1 Å². The lowest BCUT2D eigenvalue weighted by atomic mass is 10.0. The molecule has 100 valence electrons. The number of aliphatic imine (C=N–C) groups is 1. The molecule has 1 N–H and O–H groups in total. The first-order chi connectivity index (χ1) is 8.91. The number of nitrogens with zero attached hydrogens (tertiary/aromatic N) is 3. The van der Waals surface area contributed by atoms with E-state index in [1.807, 2.05) is 19.0 Å². The molecule has 0 aromatic heterocycles. The third kappa shape index (κ3) is 1.73. The van der Waals surface area contributed by atoms with Crippen molar-refractivity contribution in [3.63, 3.8) is 0 Å². The number of thioether (sulfide) groups is 1. The summed E-state index contributed by atoms with van der Waals surface area (Å²) in [5.41, 5.74) is 0.167. The Morgan fingerprint density at radius 2 is 2.32 bits per heavy atom. The number of hydrogen-bond acceptors (Lipinski definition) is 6. The van der Waals surface area contributed by atoms with Crippen LogP contribution in [0.2, 0.25) is 0 Å². The average Bonchev–Trinajstić information content (AvgIpc) is 2.79. The minimum atomic E-state index is -1.33. The quantitative estimate of drug-likeness (QED) is 0.619. The lowest BCUT2D eigenvalue weighted by molar-refractivity contribution is -0.385. The van der Waals surface area contributed by atoms with Crippen LogP contribution < -0.4 is 0 Å². The largest absolute Gasteiger partial charge is 0.364 e. The van der Waals surface area contributed by atoms with E-state index < -0.39 is 10.6 Å². The van der Waals surface area contributed by atoms with Crippen LogP contribution in [0.4, 0.5) is 5.69 Å². The topological polar surface area (TPSA) is 79.0 Å². The number of benzene rings is 1. The first kappa shape index (κ1) is 12.4. The maximum Gasteiger partial charge on any atom is 0.269 e. The minimum Gasteiger partial charge on any atom is -0.364 e. The summed E-state index contributed by atoms with van der Waals surface area (Å²) in [5, 5.41) is 22.3. The van der Waals surface area contributed by atoms with Crippen LogP contribution in [0, 0.1) is 10.1 Å². The summed E-state index contributed by atoms with van der Waals surface area (Å²) < 4.78 is 0. The zero-order chi connectivity index (χ0) is 13.8. The van der Waals surface area contributed by atoms with E-state index in [2.05, 4.69) is 4.99 Å². The zero-order valence-electron chi connectivity index (χ0n) is 10.5. The number of hydrogen-bond donors (Lipinski definition) is 1. The molecule has 0 spiro atoms. The first-order valence-corrected chi connectivity index (χ1v) is 6.74. The van der Waals surface area contributed by atoms with E-state index >= 15 is 0 Å². The predicted molar refractivity (Wildman–Crippen MR) is 73.2 cm³/mol. The monoisotopic (exact) mass is 279 g/mol. The van der Waals surface area contributed by atoms with Gasteiger partial charge in [-0.25, -0.2) is 4.99 Å². The number of aliphatic hydroxyl groups is 1. The fraction of sp³-hybridized carbons (Fsp3) is 0.417. The van der Waals surface area contributed by atoms with Gasteiger partial charge in [0.2, 0.25) is 0 Å². The summed E-state index contributed by atoms with van der Waals surface area (Å²) in [4.78, 5) is 16.6. The molecule has 2 unspecified atom stereocenters. The van der Waals surface area contributed by atoms with E-state index in [1.165, 1.54) is 23.9 Å².